The van der Waals surface area contributed by atoms with Crippen molar-refractivity contribution in [1.29, 1.82) is 0 Å². The zero-order chi connectivity index (χ0) is 13.8. The van der Waals surface area contributed by atoms with Crippen LogP contribution in [0.4, 0.5) is 0 Å². The Morgan fingerprint density at radius 2 is 2.11 bits per heavy atom. The molecular weight excluding hydrogens is 236 g/mol. The van der Waals surface area contributed by atoms with Crippen LogP contribution in [-0.2, 0) is 0 Å². The van der Waals surface area contributed by atoms with Crippen LogP contribution in [0.5, 0.6) is 11.5 Å². The van der Waals surface area contributed by atoms with Crippen molar-refractivity contribution < 1.29 is 9.84 Å². The molecule has 1 aromatic carbocycles. The number of aryl methyl sites for hydroxylation is 1. The molecule has 2 atom stereocenters. The summed E-state index contributed by atoms with van der Waals surface area (Å²) in [6, 6.07) is 3.91. The molecule has 1 heterocycles. The second-order valence-electron chi connectivity index (χ2n) is 6.53. The Morgan fingerprint density at radius 1 is 1.37 bits per heavy atom. The first kappa shape index (κ1) is 12.6. The van der Waals surface area contributed by atoms with Gasteiger partial charge in [0.15, 0.2) is 0 Å². The van der Waals surface area contributed by atoms with Crippen molar-refractivity contribution in [2.24, 2.45) is 0 Å². The molecule has 102 valence electrons. The summed E-state index contributed by atoms with van der Waals surface area (Å²) in [6.45, 7) is 8.55. The van der Waals surface area contributed by atoms with Crippen molar-refractivity contribution >= 4 is 0 Å². The molecule has 2 unspecified atom stereocenters. The van der Waals surface area contributed by atoms with Gasteiger partial charge in [0.25, 0.3) is 0 Å². The van der Waals surface area contributed by atoms with Crippen LogP contribution in [0.3, 0.4) is 0 Å². The molecule has 0 aromatic heterocycles. The lowest BCUT2D eigenvalue weighted by Crippen LogP contribution is -2.42. The van der Waals surface area contributed by atoms with Gasteiger partial charge in [-0.25, -0.2) is 0 Å². The first-order chi connectivity index (χ1) is 8.89. The Kier molecular flexibility index (Phi) is 2.67. The molecule has 0 saturated heterocycles. The molecule has 1 aromatic rings. The third-order valence-electron chi connectivity index (χ3n) is 4.59. The number of aromatic hydroxyl groups is 1. The van der Waals surface area contributed by atoms with Gasteiger partial charge in [0, 0.05) is 11.5 Å². The van der Waals surface area contributed by atoms with Crippen LogP contribution in [0, 0.1) is 6.92 Å². The van der Waals surface area contributed by atoms with Crippen LogP contribution >= 0.6 is 0 Å². The minimum atomic E-state index is -0.0726. The highest BCUT2D eigenvalue weighted by Gasteiger charge is 2.44. The van der Waals surface area contributed by atoms with E-state index in [1.165, 1.54) is 11.1 Å². The van der Waals surface area contributed by atoms with Crippen LogP contribution in [0.25, 0.3) is 0 Å². The molecule has 1 saturated carbocycles. The van der Waals surface area contributed by atoms with E-state index in [9.17, 15) is 5.11 Å². The number of ether oxygens (including phenoxy) is 1. The van der Waals surface area contributed by atoms with Gasteiger partial charge in [0.05, 0.1) is 0 Å². The van der Waals surface area contributed by atoms with E-state index in [0.29, 0.717) is 11.7 Å². The molecule has 1 fully saturated rings. The lowest BCUT2D eigenvalue weighted by Gasteiger charge is -2.46. The van der Waals surface area contributed by atoms with E-state index in [1.807, 2.05) is 13.0 Å². The highest BCUT2D eigenvalue weighted by atomic mass is 16.5. The Hall–Kier alpha value is -1.44. The summed E-state index contributed by atoms with van der Waals surface area (Å²) >= 11 is 0. The van der Waals surface area contributed by atoms with E-state index in [2.05, 4.69) is 26.8 Å². The van der Waals surface area contributed by atoms with Crippen molar-refractivity contribution in [2.75, 3.05) is 0 Å². The maximum atomic E-state index is 10.3. The van der Waals surface area contributed by atoms with Crippen LogP contribution < -0.4 is 4.74 Å². The van der Waals surface area contributed by atoms with Gasteiger partial charge >= 0.3 is 0 Å². The predicted molar refractivity (Wildman–Crippen MR) is 76.8 cm³/mol. The molecule has 1 N–H and O–H groups in total. The van der Waals surface area contributed by atoms with E-state index >= 15 is 0 Å². The van der Waals surface area contributed by atoms with Gasteiger partial charge in [-0.3, -0.25) is 0 Å². The molecule has 3 rings (SSSR count). The van der Waals surface area contributed by atoms with E-state index < -0.39 is 0 Å². The van der Waals surface area contributed by atoms with Crippen LogP contribution in [0.2, 0.25) is 0 Å². The molecule has 0 radical (unpaired) electrons. The Balaban J connectivity index is 2.21. The van der Waals surface area contributed by atoms with Crippen molar-refractivity contribution in [2.45, 2.75) is 58.5 Å². The topological polar surface area (TPSA) is 29.5 Å². The van der Waals surface area contributed by atoms with Gasteiger partial charge in [-0.1, -0.05) is 11.1 Å². The number of benzene rings is 1. The third-order valence-corrected chi connectivity index (χ3v) is 4.59. The van der Waals surface area contributed by atoms with Crippen LogP contribution in [0.15, 0.2) is 23.3 Å². The maximum Gasteiger partial charge on any atom is 0.127 e. The van der Waals surface area contributed by atoms with Gasteiger partial charge in [0.1, 0.15) is 17.1 Å². The first-order valence-electron chi connectivity index (χ1n) is 7.08. The van der Waals surface area contributed by atoms with Gasteiger partial charge in [-0.15, -0.1) is 0 Å². The summed E-state index contributed by atoms with van der Waals surface area (Å²) in [5, 5.41) is 10.3. The number of phenols is 1. The summed E-state index contributed by atoms with van der Waals surface area (Å²) in [7, 11) is 0. The van der Waals surface area contributed by atoms with Gasteiger partial charge in [0.2, 0.25) is 0 Å². The molecule has 2 bridgehead atoms. The fourth-order valence-corrected chi connectivity index (χ4v) is 3.64. The number of rotatable bonds is 0. The highest BCUT2D eigenvalue weighted by molar-refractivity contribution is 5.54. The Morgan fingerprint density at radius 3 is 2.79 bits per heavy atom. The number of hydrogen-bond donors (Lipinski definition) is 1. The molecule has 1 aliphatic heterocycles. The second-order valence-corrected chi connectivity index (χ2v) is 6.53. The summed E-state index contributed by atoms with van der Waals surface area (Å²) in [6.07, 6.45) is 3.13. The summed E-state index contributed by atoms with van der Waals surface area (Å²) < 4.78 is 6.20. The van der Waals surface area contributed by atoms with Crippen molar-refractivity contribution in [1.82, 2.24) is 0 Å². The zero-order valence-electron chi connectivity index (χ0n) is 12.2. The van der Waals surface area contributed by atoms with E-state index in [1.54, 1.807) is 0 Å². The van der Waals surface area contributed by atoms with Crippen LogP contribution in [0.1, 0.15) is 57.1 Å². The van der Waals surface area contributed by atoms with E-state index in [4.69, 9.17) is 4.74 Å². The fourth-order valence-electron chi connectivity index (χ4n) is 3.64. The lowest BCUT2D eigenvalue weighted by molar-refractivity contribution is 0.0346. The molecule has 2 aliphatic rings. The first-order valence-corrected chi connectivity index (χ1v) is 7.08. The highest BCUT2D eigenvalue weighted by Crippen LogP contribution is 2.54. The normalized spacial score (nSPS) is 28.6. The van der Waals surface area contributed by atoms with Gasteiger partial charge in [-0.05, 0) is 64.7 Å². The fraction of sp³-hybridized carbons (Fsp3) is 0.529. The smallest absolute Gasteiger partial charge is 0.127 e. The van der Waals surface area contributed by atoms with Gasteiger partial charge in [-0.2, -0.15) is 0 Å². The summed E-state index contributed by atoms with van der Waals surface area (Å²) in [5.74, 6) is 1.60. The second kappa shape index (κ2) is 4.03. The van der Waals surface area contributed by atoms with Crippen molar-refractivity contribution in [3.05, 3.63) is 34.4 Å². The number of phenolic OH excluding ortho intramolecular Hbond substituents is 1. The molecule has 19 heavy (non-hydrogen) atoms. The number of hydrogen-bond acceptors (Lipinski definition) is 2. The molecule has 0 spiro atoms. The van der Waals surface area contributed by atoms with E-state index in [-0.39, 0.29) is 5.60 Å². The molecule has 1 aliphatic carbocycles. The summed E-state index contributed by atoms with van der Waals surface area (Å²) in [4.78, 5) is 0. The molecule has 2 nitrogen and oxygen atoms in total. The standard InChI is InChI=1S/C17H22O2/c1-10(2)12-5-6-17(4)9-13(12)16-14(18)7-11(3)8-15(16)19-17/h7-8,13,18H,5-6,9H2,1-4H3. The molecule has 0 amide bonds. The van der Waals surface area contributed by atoms with E-state index in [0.717, 1.165) is 36.1 Å². The quantitative estimate of drug-likeness (QED) is 0.696. The van der Waals surface area contributed by atoms with Crippen LogP contribution in [-0.4, -0.2) is 10.7 Å². The third kappa shape index (κ3) is 1.94. The maximum absolute atomic E-state index is 10.3. The number of allylic oxidation sites excluding steroid dienone is 2. The minimum Gasteiger partial charge on any atom is -0.507 e. The summed E-state index contributed by atoms with van der Waals surface area (Å²) in [5.41, 5.74) is 4.86. The lowest BCUT2D eigenvalue weighted by atomic mass is 9.69. The largest absolute Gasteiger partial charge is 0.507 e. The number of fused-ring (bicyclic) bond motifs is 4. The van der Waals surface area contributed by atoms with Crippen molar-refractivity contribution in [3.8, 4) is 11.5 Å². The Bertz CT molecular complexity index is 567. The SMILES string of the molecule is CC(C)=C1CCC2(C)CC1c1c(O)cc(C)cc1O2. The average Bonchev–Trinajstić information content (AvgIpc) is 2.25. The predicted octanol–water partition coefficient (Wildman–Crippen LogP) is 4.46. The molecular formula is C17H22O2. The average molecular weight is 258 g/mol. The van der Waals surface area contributed by atoms with Gasteiger partial charge < -0.3 is 9.84 Å². The monoisotopic (exact) mass is 258 g/mol. The van der Waals surface area contributed by atoms with Crippen molar-refractivity contribution in [3.63, 3.8) is 0 Å². The minimum absolute atomic E-state index is 0.0726. The molecule has 2 heteroatoms. The Labute approximate surface area is 115 Å². The zero-order valence-corrected chi connectivity index (χ0v) is 12.2.